The molecule has 3 N–H and O–H groups in total. The molecule has 0 spiro atoms. The van der Waals surface area contributed by atoms with Gasteiger partial charge in [-0.3, -0.25) is 4.79 Å². The lowest BCUT2D eigenvalue weighted by atomic mass is 10.2. The predicted octanol–water partition coefficient (Wildman–Crippen LogP) is 3.25. The molecule has 0 aliphatic rings. The molecule has 1 aromatic carbocycles. The van der Waals surface area contributed by atoms with Crippen LogP contribution in [0.15, 0.2) is 42.2 Å². The Morgan fingerprint density at radius 3 is 2.96 bits per heavy atom. The average Bonchev–Trinajstić information content (AvgIpc) is 2.97. The first-order valence-corrected chi connectivity index (χ1v) is 8.11. The Hall–Kier alpha value is -2.24. The number of hydrogen-bond acceptors (Lipinski definition) is 3. The van der Waals surface area contributed by atoms with Crippen molar-refractivity contribution in [1.82, 2.24) is 10.3 Å². The van der Waals surface area contributed by atoms with E-state index in [1.54, 1.807) is 12.2 Å². The number of halogens is 1. The number of unbranched alkanes of at least 4 members (excludes halogenated alkanes) is 1. The number of fused-ring (bicyclic) bond motifs is 1. The number of amides is 1. The molecule has 0 aliphatic carbocycles. The molecule has 0 radical (unpaired) electrons. The zero-order valence-electron chi connectivity index (χ0n) is 13.5. The number of carbonyl (C=O) groups is 1. The summed E-state index contributed by atoms with van der Waals surface area (Å²) < 4.78 is 5.10. The summed E-state index contributed by atoms with van der Waals surface area (Å²) >= 11 is 5.97. The number of hydrogen-bond donors (Lipinski definition) is 3. The number of ether oxygens (including phenoxy) is 1. The highest BCUT2D eigenvalue weighted by atomic mass is 35.5. The van der Waals surface area contributed by atoms with Gasteiger partial charge in [0.15, 0.2) is 5.76 Å². The minimum Gasteiger partial charge on any atom is -0.491 e. The lowest BCUT2D eigenvalue weighted by Crippen LogP contribution is -2.26. The Morgan fingerprint density at radius 2 is 2.21 bits per heavy atom. The van der Waals surface area contributed by atoms with Gasteiger partial charge in [0.2, 0.25) is 0 Å². The second-order valence-corrected chi connectivity index (χ2v) is 5.67. The molecule has 0 atom stereocenters. The highest BCUT2D eigenvalue weighted by molar-refractivity contribution is 6.31. The number of allylic oxidation sites excluding steroid dienone is 2. The third-order valence-electron chi connectivity index (χ3n) is 3.44. The molecule has 6 heteroatoms. The van der Waals surface area contributed by atoms with E-state index in [9.17, 15) is 4.79 Å². The lowest BCUT2D eigenvalue weighted by Gasteiger charge is -2.06. The number of H-pyrrole nitrogens is 1. The van der Waals surface area contributed by atoms with Crippen molar-refractivity contribution in [1.29, 1.82) is 0 Å². The van der Waals surface area contributed by atoms with Gasteiger partial charge >= 0.3 is 0 Å². The molecule has 0 saturated heterocycles. The van der Waals surface area contributed by atoms with Gasteiger partial charge in [0.05, 0.1) is 7.11 Å². The van der Waals surface area contributed by atoms with Gasteiger partial charge in [0.25, 0.3) is 5.91 Å². The molecule has 0 aliphatic heterocycles. The van der Waals surface area contributed by atoms with Crippen molar-refractivity contribution >= 4 is 34.5 Å². The Morgan fingerprint density at radius 1 is 1.38 bits per heavy atom. The summed E-state index contributed by atoms with van der Waals surface area (Å²) in [6.07, 6.45) is 6.60. The molecule has 0 bridgehead atoms. The zero-order valence-corrected chi connectivity index (χ0v) is 14.3. The predicted molar refractivity (Wildman–Crippen MR) is 96.8 cm³/mol. The third-order valence-corrected chi connectivity index (χ3v) is 3.68. The smallest absolute Gasteiger partial charge is 0.286 e. The third kappa shape index (κ3) is 5.15. The van der Waals surface area contributed by atoms with Gasteiger partial charge in [-0.25, -0.2) is 0 Å². The van der Waals surface area contributed by atoms with Crippen LogP contribution in [0.4, 0.5) is 0 Å². The molecule has 1 heterocycles. The molecule has 24 heavy (non-hydrogen) atoms. The van der Waals surface area contributed by atoms with E-state index in [1.165, 1.54) is 7.11 Å². The first-order valence-electron chi connectivity index (χ1n) is 7.73. The van der Waals surface area contributed by atoms with E-state index in [0.29, 0.717) is 18.0 Å². The van der Waals surface area contributed by atoms with Crippen molar-refractivity contribution in [3.63, 3.8) is 0 Å². The number of aliphatic hydroxyl groups excluding tert-OH is 1. The van der Waals surface area contributed by atoms with E-state index in [0.717, 1.165) is 23.0 Å². The monoisotopic (exact) mass is 348 g/mol. The second kappa shape index (κ2) is 9.15. The van der Waals surface area contributed by atoms with E-state index < -0.39 is 0 Å². The highest BCUT2D eigenvalue weighted by Gasteiger charge is 2.07. The Labute approximate surface area is 146 Å². The van der Waals surface area contributed by atoms with Crippen molar-refractivity contribution in [2.24, 2.45) is 0 Å². The fraction of sp³-hybridized carbons (Fsp3) is 0.278. The van der Waals surface area contributed by atoms with E-state index in [4.69, 9.17) is 21.4 Å². The summed E-state index contributed by atoms with van der Waals surface area (Å²) in [7, 11) is 1.46. The summed E-state index contributed by atoms with van der Waals surface area (Å²) in [6.45, 7) is 0.633. The van der Waals surface area contributed by atoms with Crippen LogP contribution < -0.4 is 5.32 Å². The fourth-order valence-corrected chi connectivity index (χ4v) is 2.40. The maximum Gasteiger partial charge on any atom is 0.286 e. The van der Waals surface area contributed by atoms with Crippen LogP contribution in [0.2, 0.25) is 5.02 Å². The first-order chi connectivity index (χ1) is 11.6. The standard InChI is InChI=1S/C18H21ClN2O3/c1-24-17(18(23)20-9-2-3-10-22)6-4-5-15-12-13-11-14(19)7-8-16(13)21-15/h4-8,11-12,21-22H,2-3,9-10H2,1H3,(H,20,23)/b5-4+,17-6-. The normalized spacial score (nSPS) is 12.0. The van der Waals surface area contributed by atoms with Crippen LogP contribution in [-0.2, 0) is 9.53 Å². The van der Waals surface area contributed by atoms with Crippen molar-refractivity contribution in [3.8, 4) is 0 Å². The van der Waals surface area contributed by atoms with Crippen LogP contribution >= 0.6 is 11.6 Å². The van der Waals surface area contributed by atoms with E-state index in [1.807, 2.05) is 30.3 Å². The molecule has 128 valence electrons. The van der Waals surface area contributed by atoms with Crippen LogP contribution in [0.25, 0.3) is 17.0 Å². The van der Waals surface area contributed by atoms with E-state index in [-0.39, 0.29) is 18.3 Å². The lowest BCUT2D eigenvalue weighted by molar-refractivity contribution is -0.120. The molecule has 1 amide bonds. The van der Waals surface area contributed by atoms with Crippen LogP contribution in [0, 0.1) is 0 Å². The van der Waals surface area contributed by atoms with E-state index in [2.05, 4.69) is 10.3 Å². The largest absolute Gasteiger partial charge is 0.491 e. The maximum absolute atomic E-state index is 11.9. The fourth-order valence-electron chi connectivity index (χ4n) is 2.22. The Kier molecular flexibility index (Phi) is 6.90. The minimum absolute atomic E-state index is 0.126. The summed E-state index contributed by atoms with van der Waals surface area (Å²) in [5.74, 6) is -0.0436. The highest BCUT2D eigenvalue weighted by Crippen LogP contribution is 2.20. The molecule has 0 fully saturated rings. The van der Waals surface area contributed by atoms with Gasteiger partial charge < -0.3 is 20.1 Å². The van der Waals surface area contributed by atoms with Gasteiger partial charge in [-0.05, 0) is 49.3 Å². The summed E-state index contributed by atoms with van der Waals surface area (Å²) in [4.78, 5) is 15.2. The number of methoxy groups -OCH3 is 1. The Bertz CT molecular complexity index is 750. The van der Waals surface area contributed by atoms with Crippen molar-refractivity contribution in [2.45, 2.75) is 12.8 Å². The number of aromatic amines is 1. The summed E-state index contributed by atoms with van der Waals surface area (Å²) in [5, 5.41) is 13.2. The maximum atomic E-state index is 11.9. The molecule has 0 unspecified atom stereocenters. The number of aliphatic hydroxyl groups is 1. The van der Waals surface area contributed by atoms with Crippen LogP contribution in [0.5, 0.6) is 0 Å². The van der Waals surface area contributed by atoms with Crippen LogP contribution in [-0.4, -0.2) is 36.3 Å². The minimum atomic E-state index is -0.275. The second-order valence-electron chi connectivity index (χ2n) is 5.24. The molecule has 1 aromatic heterocycles. The number of aromatic nitrogens is 1. The topological polar surface area (TPSA) is 74.4 Å². The molecule has 0 saturated carbocycles. The summed E-state index contributed by atoms with van der Waals surface area (Å²) in [6, 6.07) is 7.62. The SMILES string of the molecule is CO/C(=C\C=C\c1cc2cc(Cl)ccc2[nH]1)C(=O)NCCCCO. The Balaban J connectivity index is 1.99. The van der Waals surface area contributed by atoms with Crippen LogP contribution in [0.1, 0.15) is 18.5 Å². The quantitative estimate of drug-likeness (QED) is 0.297. The van der Waals surface area contributed by atoms with E-state index >= 15 is 0 Å². The van der Waals surface area contributed by atoms with Crippen molar-refractivity contribution in [2.75, 3.05) is 20.3 Å². The van der Waals surface area contributed by atoms with Gasteiger partial charge in [-0.1, -0.05) is 17.7 Å². The molecule has 5 nitrogen and oxygen atoms in total. The average molecular weight is 349 g/mol. The molecule has 2 rings (SSSR count). The van der Waals surface area contributed by atoms with Gasteiger partial charge in [-0.2, -0.15) is 0 Å². The first kappa shape index (κ1) is 18.1. The van der Waals surface area contributed by atoms with Gasteiger partial charge in [-0.15, -0.1) is 0 Å². The summed E-state index contributed by atoms with van der Waals surface area (Å²) in [5.41, 5.74) is 1.90. The number of rotatable bonds is 8. The molecular weight excluding hydrogens is 328 g/mol. The van der Waals surface area contributed by atoms with Crippen LogP contribution in [0.3, 0.4) is 0 Å². The van der Waals surface area contributed by atoms with Crippen molar-refractivity contribution < 1.29 is 14.6 Å². The zero-order chi connectivity index (χ0) is 17.4. The number of nitrogens with one attached hydrogen (secondary N) is 2. The van der Waals surface area contributed by atoms with Gasteiger partial charge in [0, 0.05) is 34.8 Å². The number of benzene rings is 1. The van der Waals surface area contributed by atoms with Crippen molar-refractivity contribution in [3.05, 3.63) is 52.9 Å². The molecule has 2 aromatic rings. The molecular formula is C18H21ClN2O3. The number of carbonyl (C=O) groups excluding carboxylic acids is 1. The van der Waals surface area contributed by atoms with Gasteiger partial charge in [0.1, 0.15) is 0 Å².